The Kier molecular flexibility index (Phi) is 5.96. The lowest BCUT2D eigenvalue weighted by Gasteiger charge is -2.34. The van der Waals surface area contributed by atoms with Crippen LogP contribution in [0, 0.1) is 18.3 Å². The maximum Gasteiger partial charge on any atom is 0.239 e. The Hall–Kier alpha value is -3.70. The zero-order chi connectivity index (χ0) is 21.8. The molecule has 1 aromatic carbocycles. The van der Waals surface area contributed by atoms with Crippen molar-refractivity contribution >= 4 is 17.3 Å². The monoisotopic (exact) mass is 415 g/mol. The number of nitrogens with one attached hydrogen (secondary N) is 1. The molecule has 0 atom stereocenters. The molecule has 8 heteroatoms. The summed E-state index contributed by atoms with van der Waals surface area (Å²) >= 11 is 0. The molecule has 8 nitrogen and oxygen atoms in total. The number of nitriles is 1. The first-order chi connectivity index (χ1) is 15.1. The molecule has 1 aliphatic rings. The smallest absolute Gasteiger partial charge is 0.239 e. The van der Waals surface area contributed by atoms with Gasteiger partial charge in [0.05, 0.1) is 24.4 Å². The van der Waals surface area contributed by atoms with Crippen molar-refractivity contribution in [1.82, 2.24) is 19.9 Å². The van der Waals surface area contributed by atoms with Gasteiger partial charge < -0.3 is 19.9 Å². The maximum atomic E-state index is 9.30. The fourth-order valence-corrected chi connectivity index (χ4v) is 3.56. The highest BCUT2D eigenvalue weighted by Crippen LogP contribution is 2.30. The van der Waals surface area contributed by atoms with E-state index >= 15 is 0 Å². The second-order valence-electron chi connectivity index (χ2n) is 7.57. The molecule has 158 valence electrons. The van der Waals surface area contributed by atoms with Crippen LogP contribution in [0.2, 0.25) is 0 Å². The number of methoxy groups -OCH3 is 1. The standard InChI is InChI=1S/C23H25N7O/c1-16-4-5-17(12-18(16)14-24)19-13-22(26-15-25-19)27-21-7-6-20(23(28-21)31-3)30-10-8-29(2)9-11-30/h4-7,12-13,15H,8-11H2,1-3H3,(H,25,26,27,28). The summed E-state index contributed by atoms with van der Waals surface area (Å²) in [5, 5.41) is 12.5. The molecule has 1 fully saturated rings. The minimum Gasteiger partial charge on any atom is -0.479 e. The molecule has 0 spiro atoms. The van der Waals surface area contributed by atoms with E-state index in [4.69, 9.17) is 4.74 Å². The van der Waals surface area contributed by atoms with E-state index < -0.39 is 0 Å². The van der Waals surface area contributed by atoms with Crippen LogP contribution < -0.4 is 15.0 Å². The number of pyridine rings is 1. The van der Waals surface area contributed by atoms with Crippen LogP contribution in [0.25, 0.3) is 11.3 Å². The molecule has 1 saturated heterocycles. The zero-order valence-electron chi connectivity index (χ0n) is 18.0. The van der Waals surface area contributed by atoms with Crippen LogP contribution in [0.4, 0.5) is 17.3 Å². The van der Waals surface area contributed by atoms with Gasteiger partial charge >= 0.3 is 0 Å². The normalized spacial score (nSPS) is 14.2. The molecule has 0 saturated carbocycles. The Balaban J connectivity index is 1.56. The summed E-state index contributed by atoms with van der Waals surface area (Å²) in [4.78, 5) is 17.9. The first-order valence-corrected chi connectivity index (χ1v) is 10.2. The topological polar surface area (TPSA) is 90.2 Å². The van der Waals surface area contributed by atoms with Crippen molar-refractivity contribution in [2.75, 3.05) is 50.6 Å². The van der Waals surface area contributed by atoms with Crippen molar-refractivity contribution in [1.29, 1.82) is 5.26 Å². The second-order valence-corrected chi connectivity index (χ2v) is 7.57. The number of hydrogen-bond donors (Lipinski definition) is 1. The summed E-state index contributed by atoms with van der Waals surface area (Å²) in [6.45, 7) is 5.83. The minimum absolute atomic E-state index is 0.584. The van der Waals surface area contributed by atoms with E-state index in [9.17, 15) is 5.26 Å². The average Bonchev–Trinajstić information content (AvgIpc) is 2.80. The largest absolute Gasteiger partial charge is 0.479 e. The SMILES string of the molecule is COc1nc(Nc2cc(-c3ccc(C)c(C#N)c3)ncn2)ccc1N1CCN(C)CC1. The van der Waals surface area contributed by atoms with E-state index in [1.165, 1.54) is 6.33 Å². The van der Waals surface area contributed by atoms with Crippen molar-refractivity contribution < 1.29 is 4.74 Å². The van der Waals surface area contributed by atoms with Crippen LogP contribution in [0.3, 0.4) is 0 Å². The van der Waals surface area contributed by atoms with E-state index in [0.29, 0.717) is 23.1 Å². The Labute approximate surface area is 182 Å². The van der Waals surface area contributed by atoms with Crippen molar-refractivity contribution in [3.63, 3.8) is 0 Å². The number of benzene rings is 1. The number of rotatable bonds is 5. The fraction of sp³-hybridized carbons (Fsp3) is 0.304. The summed E-state index contributed by atoms with van der Waals surface area (Å²) in [7, 11) is 3.77. The van der Waals surface area contributed by atoms with Gasteiger partial charge in [-0.2, -0.15) is 10.2 Å². The van der Waals surface area contributed by atoms with Crippen LogP contribution in [0.5, 0.6) is 5.88 Å². The number of nitrogens with zero attached hydrogens (tertiary/aromatic N) is 6. The lowest BCUT2D eigenvalue weighted by Crippen LogP contribution is -2.44. The molecule has 0 amide bonds. The first-order valence-electron chi connectivity index (χ1n) is 10.2. The molecule has 0 radical (unpaired) electrons. The van der Waals surface area contributed by atoms with E-state index in [-0.39, 0.29) is 0 Å². The number of aromatic nitrogens is 3. The van der Waals surface area contributed by atoms with Gasteiger partial charge in [0, 0.05) is 37.8 Å². The molecule has 2 aromatic heterocycles. The van der Waals surface area contributed by atoms with E-state index in [1.807, 2.05) is 43.3 Å². The molecule has 1 N–H and O–H groups in total. The van der Waals surface area contributed by atoms with Crippen molar-refractivity contribution in [2.24, 2.45) is 0 Å². The molecule has 0 aliphatic carbocycles. The summed E-state index contributed by atoms with van der Waals surface area (Å²) in [6, 6.07) is 13.7. The van der Waals surface area contributed by atoms with Crippen molar-refractivity contribution in [3.05, 3.63) is 53.9 Å². The quantitative estimate of drug-likeness (QED) is 0.679. The summed E-state index contributed by atoms with van der Waals surface area (Å²) in [6.07, 6.45) is 1.50. The first kappa shape index (κ1) is 20.6. The number of likely N-dealkylation sites (N-methyl/N-ethyl adjacent to an activating group) is 1. The molecular formula is C23H25N7O. The second kappa shape index (κ2) is 8.98. The van der Waals surface area contributed by atoms with Crippen molar-refractivity contribution in [2.45, 2.75) is 6.92 Å². The van der Waals surface area contributed by atoms with Gasteiger partial charge in [0.15, 0.2) is 0 Å². The summed E-state index contributed by atoms with van der Waals surface area (Å²) < 4.78 is 5.56. The highest BCUT2D eigenvalue weighted by atomic mass is 16.5. The van der Waals surface area contributed by atoms with Gasteiger partial charge in [-0.15, -0.1) is 0 Å². The summed E-state index contributed by atoms with van der Waals surface area (Å²) in [5.41, 5.74) is 4.17. The van der Waals surface area contributed by atoms with Crippen LogP contribution >= 0.6 is 0 Å². The van der Waals surface area contributed by atoms with Gasteiger partial charge in [-0.05, 0) is 37.7 Å². The van der Waals surface area contributed by atoms with Gasteiger partial charge in [-0.3, -0.25) is 0 Å². The third-order valence-corrected chi connectivity index (χ3v) is 5.45. The molecule has 3 aromatic rings. The van der Waals surface area contributed by atoms with Crippen molar-refractivity contribution in [3.8, 4) is 23.2 Å². The number of hydrogen-bond acceptors (Lipinski definition) is 8. The van der Waals surface area contributed by atoms with Crippen LogP contribution in [0.15, 0.2) is 42.7 Å². The van der Waals surface area contributed by atoms with Gasteiger partial charge in [0.25, 0.3) is 0 Å². The van der Waals surface area contributed by atoms with Gasteiger partial charge in [0.1, 0.15) is 23.7 Å². The third-order valence-electron chi connectivity index (χ3n) is 5.45. The molecular weight excluding hydrogens is 390 g/mol. The Morgan fingerprint density at radius 1 is 1.03 bits per heavy atom. The highest BCUT2D eigenvalue weighted by Gasteiger charge is 2.19. The van der Waals surface area contributed by atoms with Gasteiger partial charge in [0.2, 0.25) is 5.88 Å². The molecule has 4 rings (SSSR count). The molecule has 0 bridgehead atoms. The average molecular weight is 416 g/mol. The zero-order valence-corrected chi connectivity index (χ0v) is 18.0. The molecule has 0 unspecified atom stereocenters. The Morgan fingerprint density at radius 2 is 1.84 bits per heavy atom. The minimum atomic E-state index is 0.584. The van der Waals surface area contributed by atoms with E-state index in [2.05, 4.69) is 43.2 Å². The number of aryl methyl sites for hydroxylation is 1. The van der Waals surface area contributed by atoms with Gasteiger partial charge in [-0.25, -0.2) is 9.97 Å². The molecule has 1 aliphatic heterocycles. The number of piperazine rings is 1. The predicted molar refractivity (Wildman–Crippen MR) is 121 cm³/mol. The predicted octanol–water partition coefficient (Wildman–Crippen LogP) is 3.22. The lowest BCUT2D eigenvalue weighted by atomic mass is 10.0. The van der Waals surface area contributed by atoms with Gasteiger partial charge in [-0.1, -0.05) is 12.1 Å². The maximum absolute atomic E-state index is 9.30. The number of anilines is 3. The Morgan fingerprint density at radius 3 is 2.58 bits per heavy atom. The van der Waals surface area contributed by atoms with E-state index in [0.717, 1.165) is 48.7 Å². The Bertz CT molecular complexity index is 1120. The number of ether oxygens (including phenoxy) is 1. The molecule has 31 heavy (non-hydrogen) atoms. The van der Waals surface area contributed by atoms with Crippen LogP contribution in [-0.4, -0.2) is 60.2 Å². The summed E-state index contributed by atoms with van der Waals surface area (Å²) in [5.74, 6) is 1.84. The van der Waals surface area contributed by atoms with Crippen LogP contribution in [0.1, 0.15) is 11.1 Å². The molecule has 3 heterocycles. The highest BCUT2D eigenvalue weighted by molar-refractivity contribution is 5.67. The fourth-order valence-electron chi connectivity index (χ4n) is 3.56. The lowest BCUT2D eigenvalue weighted by molar-refractivity contribution is 0.310. The van der Waals surface area contributed by atoms with Crippen LogP contribution in [-0.2, 0) is 0 Å². The third kappa shape index (κ3) is 4.57. The van der Waals surface area contributed by atoms with E-state index in [1.54, 1.807) is 7.11 Å².